The van der Waals surface area contributed by atoms with Crippen molar-refractivity contribution in [1.29, 1.82) is 0 Å². The molecule has 1 rings (SSSR count). The maximum absolute atomic E-state index is 4.03. The maximum atomic E-state index is 4.03. The molecule has 0 heterocycles. The predicted octanol–water partition coefficient (Wildman–Crippen LogP) is 2.25. The highest BCUT2D eigenvalue weighted by Crippen LogP contribution is 2.17. The third kappa shape index (κ3) is 3.88. The van der Waals surface area contributed by atoms with Crippen LogP contribution in [0.5, 0.6) is 0 Å². The smallest absolute Gasteiger partial charge is 0.150 e. The van der Waals surface area contributed by atoms with Crippen molar-refractivity contribution < 1.29 is 0 Å². The number of aliphatic imine (C=N–C) groups is 1. The lowest BCUT2D eigenvalue weighted by atomic mass is 10.1. The van der Waals surface area contributed by atoms with Crippen LogP contribution in [0.15, 0.2) is 53.1 Å². The van der Waals surface area contributed by atoms with Crippen molar-refractivity contribution in [3.63, 3.8) is 0 Å². The molecule has 4 nitrogen and oxygen atoms in total. The van der Waals surface area contributed by atoms with Gasteiger partial charge in [-0.2, -0.15) is 0 Å². The topological polar surface area (TPSA) is 39.7 Å². The number of rotatable bonds is 7. The van der Waals surface area contributed by atoms with Gasteiger partial charge >= 0.3 is 0 Å². The SMILES string of the molecule is C=N/C(NC)=C(/C(=C)NC)N(C)Cc1ccc(C)cc1. The minimum absolute atomic E-state index is 0.707. The van der Waals surface area contributed by atoms with Crippen LogP contribution in [0.4, 0.5) is 0 Å². The summed E-state index contributed by atoms with van der Waals surface area (Å²) in [5.41, 5.74) is 4.21. The third-order valence-electron chi connectivity index (χ3n) is 3.13. The van der Waals surface area contributed by atoms with Gasteiger partial charge in [0.2, 0.25) is 0 Å². The minimum atomic E-state index is 0.707. The van der Waals surface area contributed by atoms with Gasteiger partial charge in [0.05, 0.1) is 5.70 Å². The zero-order chi connectivity index (χ0) is 15.1. The van der Waals surface area contributed by atoms with E-state index in [1.54, 1.807) is 0 Å². The van der Waals surface area contributed by atoms with E-state index < -0.39 is 0 Å². The Morgan fingerprint density at radius 3 is 2.25 bits per heavy atom. The van der Waals surface area contributed by atoms with Crippen molar-refractivity contribution in [3.05, 3.63) is 59.2 Å². The lowest BCUT2D eigenvalue weighted by molar-refractivity contribution is 0.406. The van der Waals surface area contributed by atoms with Gasteiger partial charge in [0.25, 0.3) is 0 Å². The molecule has 4 heteroatoms. The molecule has 1 aromatic carbocycles. The first-order valence-electron chi connectivity index (χ1n) is 6.56. The quantitative estimate of drug-likeness (QED) is 0.591. The number of aryl methyl sites for hydroxylation is 1. The fourth-order valence-corrected chi connectivity index (χ4v) is 1.99. The van der Waals surface area contributed by atoms with Crippen LogP contribution in [-0.4, -0.2) is 32.8 Å². The summed E-state index contributed by atoms with van der Waals surface area (Å²) in [7, 11) is 5.69. The highest BCUT2D eigenvalue weighted by Gasteiger charge is 2.13. The second kappa shape index (κ2) is 7.38. The summed E-state index contributed by atoms with van der Waals surface area (Å²) in [5.74, 6) is 0.707. The Bertz CT molecular complexity index is 500. The van der Waals surface area contributed by atoms with Crippen molar-refractivity contribution in [3.8, 4) is 0 Å². The van der Waals surface area contributed by atoms with Crippen molar-refractivity contribution in [2.75, 3.05) is 21.1 Å². The molecule has 1 aromatic rings. The van der Waals surface area contributed by atoms with E-state index in [4.69, 9.17) is 0 Å². The van der Waals surface area contributed by atoms with Crippen LogP contribution < -0.4 is 10.6 Å². The van der Waals surface area contributed by atoms with Gasteiger partial charge in [-0.1, -0.05) is 36.4 Å². The van der Waals surface area contributed by atoms with Gasteiger partial charge in [-0.15, -0.1) is 0 Å². The number of hydrogen-bond acceptors (Lipinski definition) is 4. The molecule has 0 radical (unpaired) electrons. The van der Waals surface area contributed by atoms with Crippen LogP contribution in [0.2, 0.25) is 0 Å². The largest absolute Gasteiger partial charge is 0.387 e. The lowest BCUT2D eigenvalue weighted by Crippen LogP contribution is -2.27. The first-order valence-corrected chi connectivity index (χ1v) is 6.56. The molecule has 108 valence electrons. The maximum Gasteiger partial charge on any atom is 0.150 e. The van der Waals surface area contributed by atoms with Crippen LogP contribution in [-0.2, 0) is 6.54 Å². The molecule has 0 saturated heterocycles. The summed E-state index contributed by atoms with van der Waals surface area (Å²) in [6.45, 7) is 10.5. The lowest BCUT2D eigenvalue weighted by Gasteiger charge is -2.26. The summed E-state index contributed by atoms with van der Waals surface area (Å²) in [4.78, 5) is 6.13. The Balaban J connectivity index is 3.02. The molecule has 0 unspecified atom stereocenters. The van der Waals surface area contributed by atoms with Crippen LogP contribution in [0, 0.1) is 6.92 Å². The first kappa shape index (κ1) is 15.8. The average Bonchev–Trinajstić information content (AvgIpc) is 2.46. The van der Waals surface area contributed by atoms with Crippen molar-refractivity contribution in [2.45, 2.75) is 13.5 Å². The Morgan fingerprint density at radius 1 is 1.20 bits per heavy atom. The standard InChI is InChI=1S/C16H24N4/c1-12-7-9-14(10-8-12)11-20(6)15(13(2)17-3)16(18-4)19-5/h7-10,17,19H,2,4,11H2,1,3,5-6H3/b16-15+. The van der Waals surface area contributed by atoms with E-state index in [0.717, 1.165) is 17.9 Å². The summed E-state index contributed by atoms with van der Waals surface area (Å²) in [6, 6.07) is 8.49. The Labute approximate surface area is 121 Å². The number of nitrogens with one attached hydrogen (secondary N) is 2. The molecule has 0 aliphatic rings. The number of nitrogens with zero attached hydrogens (tertiary/aromatic N) is 2. The van der Waals surface area contributed by atoms with Crippen molar-refractivity contribution in [1.82, 2.24) is 15.5 Å². The summed E-state index contributed by atoms with van der Waals surface area (Å²) >= 11 is 0. The highest BCUT2D eigenvalue weighted by atomic mass is 15.2. The molecule has 0 bridgehead atoms. The van der Waals surface area contributed by atoms with E-state index in [2.05, 4.69) is 65.0 Å². The van der Waals surface area contributed by atoms with Gasteiger partial charge in [-0.3, -0.25) is 0 Å². The molecule has 0 aliphatic carbocycles. The van der Waals surface area contributed by atoms with E-state index in [9.17, 15) is 0 Å². The fraction of sp³-hybridized carbons (Fsp3) is 0.312. The third-order valence-corrected chi connectivity index (χ3v) is 3.13. The summed E-state index contributed by atoms with van der Waals surface area (Å²) < 4.78 is 0. The van der Waals surface area contributed by atoms with Gasteiger partial charge in [0, 0.05) is 27.7 Å². The molecule has 2 N–H and O–H groups in total. The Hall–Kier alpha value is -2.23. The molecule has 0 aliphatic heterocycles. The number of hydrogen-bond donors (Lipinski definition) is 2. The Kier molecular flexibility index (Phi) is 5.84. The normalized spacial score (nSPS) is 11.4. The van der Waals surface area contributed by atoms with E-state index >= 15 is 0 Å². The van der Waals surface area contributed by atoms with E-state index in [0.29, 0.717) is 5.82 Å². The van der Waals surface area contributed by atoms with E-state index in [1.807, 2.05) is 21.1 Å². The van der Waals surface area contributed by atoms with Crippen LogP contribution in [0.25, 0.3) is 0 Å². The first-order chi connectivity index (χ1) is 9.53. The molecule has 0 spiro atoms. The van der Waals surface area contributed by atoms with E-state index in [-0.39, 0.29) is 0 Å². The number of benzene rings is 1. The van der Waals surface area contributed by atoms with Crippen LogP contribution in [0.1, 0.15) is 11.1 Å². The van der Waals surface area contributed by atoms with Gasteiger partial charge in [0.1, 0.15) is 5.70 Å². The minimum Gasteiger partial charge on any atom is -0.387 e. The van der Waals surface area contributed by atoms with Gasteiger partial charge in [-0.25, -0.2) is 4.99 Å². The highest BCUT2D eigenvalue weighted by molar-refractivity contribution is 5.36. The molecule has 20 heavy (non-hydrogen) atoms. The number of likely N-dealkylation sites (N-methyl/N-ethyl adjacent to an activating group) is 2. The van der Waals surface area contributed by atoms with Gasteiger partial charge in [0.15, 0.2) is 5.82 Å². The molecular formula is C16H24N4. The molecule has 0 fully saturated rings. The van der Waals surface area contributed by atoms with Crippen LogP contribution in [0.3, 0.4) is 0 Å². The van der Waals surface area contributed by atoms with Crippen molar-refractivity contribution >= 4 is 6.72 Å². The molecule has 0 aromatic heterocycles. The zero-order valence-electron chi connectivity index (χ0n) is 12.8. The second-order valence-corrected chi connectivity index (χ2v) is 4.68. The molecule has 0 amide bonds. The fourth-order valence-electron chi connectivity index (χ4n) is 1.99. The van der Waals surface area contributed by atoms with E-state index in [1.165, 1.54) is 11.1 Å². The zero-order valence-corrected chi connectivity index (χ0v) is 12.8. The molecular weight excluding hydrogens is 248 g/mol. The molecule has 0 atom stereocenters. The predicted molar refractivity (Wildman–Crippen MR) is 86.5 cm³/mol. The van der Waals surface area contributed by atoms with Gasteiger partial charge < -0.3 is 15.5 Å². The van der Waals surface area contributed by atoms with Gasteiger partial charge in [-0.05, 0) is 19.2 Å². The Morgan fingerprint density at radius 2 is 1.80 bits per heavy atom. The molecule has 0 saturated carbocycles. The summed E-state index contributed by atoms with van der Waals surface area (Å²) in [6.07, 6.45) is 0. The second-order valence-electron chi connectivity index (χ2n) is 4.68. The van der Waals surface area contributed by atoms with Crippen LogP contribution >= 0.6 is 0 Å². The van der Waals surface area contributed by atoms with Crippen molar-refractivity contribution in [2.24, 2.45) is 4.99 Å². The average molecular weight is 272 g/mol. The summed E-state index contributed by atoms with van der Waals surface area (Å²) in [5, 5.41) is 6.12. The monoisotopic (exact) mass is 272 g/mol.